The van der Waals surface area contributed by atoms with Gasteiger partial charge in [-0.15, -0.1) is 0 Å². The quantitative estimate of drug-likeness (QED) is 0.432. The van der Waals surface area contributed by atoms with Gasteiger partial charge in [0, 0.05) is 11.6 Å². The van der Waals surface area contributed by atoms with Crippen molar-refractivity contribution in [2.45, 2.75) is 30.6 Å². The molecule has 0 aliphatic carbocycles. The molecule has 138 valence electrons. The van der Waals surface area contributed by atoms with Gasteiger partial charge in [-0.25, -0.2) is 17.6 Å². The molecule has 2 rings (SSSR count). The summed E-state index contributed by atoms with van der Waals surface area (Å²) in [7, 11) is -4.21. The maximum Gasteiger partial charge on any atom is 0.338 e. The lowest BCUT2D eigenvalue weighted by Crippen LogP contribution is -2.13. The number of carbonyl (C=O) groups excluding carboxylic acids is 1. The Balaban J connectivity index is 2.46. The molecule has 0 fully saturated rings. The highest BCUT2D eigenvalue weighted by Gasteiger charge is 2.28. The van der Waals surface area contributed by atoms with E-state index in [0.717, 1.165) is 24.3 Å². The number of sulfone groups is 1. The minimum absolute atomic E-state index is 0.106. The summed E-state index contributed by atoms with van der Waals surface area (Å²) in [5.74, 6) is -2.27. The molecule has 0 atom stereocenters. The smallest absolute Gasteiger partial charge is 0.338 e. The average Bonchev–Trinajstić information content (AvgIpc) is 2.55. The van der Waals surface area contributed by atoms with Gasteiger partial charge in [0.25, 0.3) is 5.69 Å². The molecular weight excluding hydrogens is 365 g/mol. The number of halogens is 1. The van der Waals surface area contributed by atoms with E-state index >= 15 is 0 Å². The van der Waals surface area contributed by atoms with E-state index < -0.39 is 49.0 Å². The molecule has 0 saturated carbocycles. The highest BCUT2D eigenvalue weighted by atomic mass is 32.2. The van der Waals surface area contributed by atoms with Gasteiger partial charge in [-0.05, 0) is 32.0 Å². The minimum Gasteiger partial charge on any atom is -0.459 e. The van der Waals surface area contributed by atoms with Gasteiger partial charge in [0.1, 0.15) is 10.7 Å². The minimum atomic E-state index is -4.21. The van der Waals surface area contributed by atoms with Crippen LogP contribution in [0.3, 0.4) is 0 Å². The average molecular weight is 381 g/mol. The molecule has 0 aromatic heterocycles. The normalized spacial score (nSPS) is 11.4. The van der Waals surface area contributed by atoms with Gasteiger partial charge in [-0.3, -0.25) is 10.1 Å². The van der Waals surface area contributed by atoms with Crippen LogP contribution in [0.4, 0.5) is 10.1 Å². The van der Waals surface area contributed by atoms with Gasteiger partial charge < -0.3 is 4.74 Å². The van der Waals surface area contributed by atoms with Crippen LogP contribution in [-0.4, -0.2) is 25.4 Å². The first kappa shape index (κ1) is 19.5. The second kappa shape index (κ2) is 7.61. The number of carbonyl (C=O) groups is 1. The lowest BCUT2D eigenvalue weighted by Gasteiger charge is -2.10. The van der Waals surface area contributed by atoms with Crippen LogP contribution in [0, 0.1) is 15.9 Å². The first-order valence-electron chi connectivity index (χ1n) is 7.57. The topological polar surface area (TPSA) is 104 Å². The van der Waals surface area contributed by atoms with Gasteiger partial charge in [0.15, 0.2) is 9.84 Å². The third-order valence-corrected chi connectivity index (χ3v) is 5.08. The fourth-order valence-corrected chi connectivity index (χ4v) is 3.76. The molecule has 7 nitrogen and oxygen atoms in total. The number of benzene rings is 2. The van der Waals surface area contributed by atoms with Gasteiger partial charge >= 0.3 is 5.97 Å². The standard InChI is InChI=1S/C17H16FNO6S/c1-11(2)25-17(20)12-7-8-16(15(9-12)19(21)22)26(23,24)10-13-5-3-4-6-14(13)18/h3-9,11H,10H2,1-2H3. The summed E-state index contributed by atoms with van der Waals surface area (Å²) in [6, 6.07) is 8.20. The predicted octanol–water partition coefficient (Wildman–Crippen LogP) is 3.27. The molecule has 0 bridgehead atoms. The van der Waals surface area contributed by atoms with Crippen molar-refractivity contribution < 1.29 is 27.3 Å². The molecule has 26 heavy (non-hydrogen) atoms. The lowest BCUT2D eigenvalue weighted by molar-refractivity contribution is -0.387. The van der Waals surface area contributed by atoms with Crippen LogP contribution in [0.2, 0.25) is 0 Å². The fraction of sp³-hybridized carbons (Fsp3) is 0.235. The van der Waals surface area contributed by atoms with Crippen molar-refractivity contribution in [2.24, 2.45) is 0 Å². The van der Waals surface area contributed by atoms with Gasteiger partial charge in [0.05, 0.1) is 22.3 Å². The van der Waals surface area contributed by atoms with Crippen molar-refractivity contribution in [3.05, 3.63) is 69.5 Å². The van der Waals surface area contributed by atoms with E-state index in [1.807, 2.05) is 0 Å². The molecule has 0 aliphatic rings. The number of hydrogen-bond acceptors (Lipinski definition) is 6. The van der Waals surface area contributed by atoms with Gasteiger partial charge in [0.2, 0.25) is 0 Å². The first-order valence-corrected chi connectivity index (χ1v) is 9.22. The van der Waals surface area contributed by atoms with Crippen LogP contribution in [0.15, 0.2) is 47.4 Å². The van der Waals surface area contributed by atoms with E-state index in [-0.39, 0.29) is 11.1 Å². The summed E-state index contributed by atoms with van der Waals surface area (Å²) in [5, 5.41) is 11.3. The van der Waals surface area contributed by atoms with Crippen molar-refractivity contribution >= 4 is 21.5 Å². The van der Waals surface area contributed by atoms with E-state index in [9.17, 15) is 27.7 Å². The summed E-state index contributed by atoms with van der Waals surface area (Å²) in [4.78, 5) is 21.7. The first-order chi connectivity index (χ1) is 12.1. The Morgan fingerprint density at radius 2 is 1.88 bits per heavy atom. The summed E-state index contributed by atoms with van der Waals surface area (Å²) in [6.45, 7) is 3.22. The van der Waals surface area contributed by atoms with Crippen LogP contribution in [0.1, 0.15) is 29.8 Å². The van der Waals surface area contributed by atoms with Crippen LogP contribution in [-0.2, 0) is 20.3 Å². The molecule has 9 heteroatoms. The Morgan fingerprint density at radius 3 is 2.46 bits per heavy atom. The van der Waals surface area contributed by atoms with E-state index in [2.05, 4.69) is 0 Å². The Labute approximate surface area is 149 Å². The molecule has 0 spiro atoms. The van der Waals surface area contributed by atoms with Crippen LogP contribution in [0.5, 0.6) is 0 Å². The van der Waals surface area contributed by atoms with Gasteiger partial charge in [-0.1, -0.05) is 18.2 Å². The predicted molar refractivity (Wildman–Crippen MR) is 90.9 cm³/mol. The number of nitro groups is 1. The second-order valence-corrected chi connectivity index (χ2v) is 7.70. The zero-order valence-corrected chi connectivity index (χ0v) is 14.8. The van der Waals surface area contributed by atoms with Crippen molar-refractivity contribution in [3.63, 3.8) is 0 Å². The highest BCUT2D eigenvalue weighted by Crippen LogP contribution is 2.29. The number of hydrogen-bond donors (Lipinski definition) is 0. The van der Waals surface area contributed by atoms with Crippen LogP contribution < -0.4 is 0 Å². The molecule has 0 saturated heterocycles. The molecule has 0 aliphatic heterocycles. The molecule has 0 radical (unpaired) electrons. The van der Waals surface area contributed by atoms with Crippen molar-refractivity contribution in [1.82, 2.24) is 0 Å². The van der Waals surface area contributed by atoms with Crippen LogP contribution in [0.25, 0.3) is 0 Å². The monoisotopic (exact) mass is 381 g/mol. The zero-order chi connectivity index (χ0) is 19.5. The number of nitrogens with zero attached hydrogens (tertiary/aromatic N) is 1. The molecule has 0 unspecified atom stereocenters. The SMILES string of the molecule is CC(C)OC(=O)c1ccc(S(=O)(=O)Cc2ccccc2F)c([N+](=O)[O-])c1. The van der Waals surface area contributed by atoms with Gasteiger partial charge in [-0.2, -0.15) is 0 Å². The second-order valence-electron chi connectivity index (χ2n) is 5.74. The highest BCUT2D eigenvalue weighted by molar-refractivity contribution is 7.90. The largest absolute Gasteiger partial charge is 0.459 e. The van der Waals surface area contributed by atoms with E-state index in [0.29, 0.717) is 0 Å². The summed E-state index contributed by atoms with van der Waals surface area (Å²) in [6.07, 6.45) is -0.439. The lowest BCUT2D eigenvalue weighted by atomic mass is 10.2. The Bertz CT molecular complexity index is 955. The number of ether oxygens (including phenoxy) is 1. The molecule has 0 amide bonds. The van der Waals surface area contributed by atoms with E-state index in [4.69, 9.17) is 4.74 Å². The number of nitro benzene ring substituents is 1. The third-order valence-electron chi connectivity index (χ3n) is 3.37. The van der Waals surface area contributed by atoms with Crippen molar-refractivity contribution in [1.29, 1.82) is 0 Å². The fourth-order valence-electron chi connectivity index (χ4n) is 2.23. The number of rotatable bonds is 6. The summed E-state index contributed by atoms with van der Waals surface area (Å²) in [5.41, 5.74) is -1.01. The molecule has 2 aromatic carbocycles. The van der Waals surface area contributed by atoms with Crippen molar-refractivity contribution in [3.8, 4) is 0 Å². The van der Waals surface area contributed by atoms with E-state index in [1.54, 1.807) is 13.8 Å². The van der Waals surface area contributed by atoms with Crippen molar-refractivity contribution in [2.75, 3.05) is 0 Å². The molecule has 0 N–H and O–H groups in total. The molecule has 0 heterocycles. The molecular formula is C17H16FNO6S. The third kappa shape index (κ3) is 4.42. The summed E-state index contributed by atoms with van der Waals surface area (Å²) < 4.78 is 43.8. The Kier molecular flexibility index (Phi) is 5.71. The van der Waals surface area contributed by atoms with Crippen LogP contribution >= 0.6 is 0 Å². The summed E-state index contributed by atoms with van der Waals surface area (Å²) >= 11 is 0. The number of esters is 1. The maximum atomic E-state index is 13.7. The Morgan fingerprint density at radius 1 is 1.23 bits per heavy atom. The van der Waals surface area contributed by atoms with E-state index in [1.165, 1.54) is 18.2 Å². The zero-order valence-electron chi connectivity index (χ0n) is 14.0. The molecule has 2 aromatic rings. The Hall–Kier alpha value is -2.81. The maximum absolute atomic E-state index is 13.7.